The number of hydrogen-bond donors (Lipinski definition) is 1. The zero-order chi connectivity index (χ0) is 21.3. The van der Waals surface area contributed by atoms with Crippen LogP contribution < -0.4 is 10.2 Å². The maximum atomic E-state index is 12.6. The fourth-order valence-corrected chi connectivity index (χ4v) is 3.65. The van der Waals surface area contributed by atoms with Crippen LogP contribution in [0.3, 0.4) is 0 Å². The van der Waals surface area contributed by atoms with Gasteiger partial charge in [0.05, 0.1) is 5.69 Å². The summed E-state index contributed by atoms with van der Waals surface area (Å²) in [6.07, 6.45) is 1.79. The molecule has 1 aromatic carbocycles. The van der Waals surface area contributed by atoms with Crippen LogP contribution in [0.1, 0.15) is 17.2 Å². The Labute approximate surface area is 180 Å². The van der Waals surface area contributed by atoms with E-state index in [1.807, 2.05) is 43.5 Å². The van der Waals surface area contributed by atoms with Crippen molar-refractivity contribution in [2.45, 2.75) is 20.8 Å². The number of amides is 2. The van der Waals surface area contributed by atoms with Gasteiger partial charge in [-0.3, -0.25) is 4.57 Å². The highest BCUT2D eigenvalue weighted by molar-refractivity contribution is 6.30. The lowest BCUT2D eigenvalue weighted by Crippen LogP contribution is -2.50. The van der Waals surface area contributed by atoms with Crippen LogP contribution >= 0.6 is 11.6 Å². The van der Waals surface area contributed by atoms with Crippen molar-refractivity contribution in [2.24, 2.45) is 0 Å². The summed E-state index contributed by atoms with van der Waals surface area (Å²) < 4.78 is 1.97. The zero-order valence-corrected chi connectivity index (χ0v) is 18.0. The molecule has 0 bridgehead atoms. The Morgan fingerprint density at radius 2 is 1.77 bits per heavy atom. The Morgan fingerprint density at radius 1 is 1.03 bits per heavy atom. The lowest BCUT2D eigenvalue weighted by molar-refractivity contribution is 0.208. The van der Waals surface area contributed by atoms with E-state index in [9.17, 15) is 4.79 Å². The van der Waals surface area contributed by atoms with E-state index >= 15 is 0 Å². The van der Waals surface area contributed by atoms with Crippen molar-refractivity contribution in [3.8, 4) is 5.82 Å². The second-order valence-electron chi connectivity index (χ2n) is 7.33. The van der Waals surface area contributed by atoms with E-state index in [-0.39, 0.29) is 6.03 Å². The van der Waals surface area contributed by atoms with Crippen LogP contribution in [0, 0.1) is 20.8 Å². The van der Waals surface area contributed by atoms with E-state index in [0.717, 1.165) is 23.0 Å². The first kappa shape index (κ1) is 20.2. The normalized spacial score (nSPS) is 14.1. The summed E-state index contributed by atoms with van der Waals surface area (Å²) in [5.41, 5.74) is 2.73. The number of nitrogens with one attached hydrogen (secondary N) is 1. The highest BCUT2D eigenvalue weighted by Gasteiger charge is 2.23. The van der Waals surface area contributed by atoms with Gasteiger partial charge in [0.2, 0.25) is 0 Å². The number of urea groups is 1. The van der Waals surface area contributed by atoms with Crippen molar-refractivity contribution in [2.75, 3.05) is 36.4 Å². The van der Waals surface area contributed by atoms with Crippen LogP contribution in [0.15, 0.2) is 36.7 Å². The number of aryl methyl sites for hydroxylation is 2. The minimum Gasteiger partial charge on any atom is -0.353 e. The lowest BCUT2D eigenvalue weighted by atomic mass is 10.3. The Kier molecular flexibility index (Phi) is 5.59. The molecule has 1 fully saturated rings. The highest BCUT2D eigenvalue weighted by atomic mass is 35.5. The van der Waals surface area contributed by atoms with Crippen molar-refractivity contribution < 1.29 is 4.79 Å². The monoisotopic (exact) mass is 425 g/mol. The molecule has 0 unspecified atom stereocenters. The van der Waals surface area contributed by atoms with Gasteiger partial charge in [-0.05, 0) is 39.0 Å². The summed E-state index contributed by atoms with van der Waals surface area (Å²) in [7, 11) is 0. The highest BCUT2D eigenvalue weighted by Crippen LogP contribution is 2.20. The van der Waals surface area contributed by atoms with Crippen LogP contribution in [0.5, 0.6) is 0 Å². The van der Waals surface area contributed by atoms with Crippen LogP contribution in [-0.4, -0.2) is 56.6 Å². The molecule has 8 nitrogen and oxygen atoms in total. The molecule has 1 aliphatic rings. The number of carbonyl (C=O) groups excluding carboxylic acids is 1. The number of hydrogen-bond acceptors (Lipinski definition) is 5. The summed E-state index contributed by atoms with van der Waals surface area (Å²) in [5.74, 6) is 2.37. The Morgan fingerprint density at radius 3 is 2.43 bits per heavy atom. The smallest absolute Gasteiger partial charge is 0.321 e. The van der Waals surface area contributed by atoms with Crippen LogP contribution in [0.2, 0.25) is 5.02 Å². The fourth-order valence-electron chi connectivity index (χ4n) is 3.46. The first-order chi connectivity index (χ1) is 14.4. The third-order valence-corrected chi connectivity index (χ3v) is 5.51. The third kappa shape index (κ3) is 4.23. The second kappa shape index (κ2) is 8.31. The molecule has 0 atom stereocenters. The molecule has 2 aromatic heterocycles. The molecule has 4 rings (SSSR count). The minimum absolute atomic E-state index is 0.124. The summed E-state index contributed by atoms with van der Waals surface area (Å²) in [4.78, 5) is 30.1. The standard InChI is InChI=1S/C21H24ClN7O/c1-14-15(2)29(13-23-14)20-12-19(24-16(3)25-20)27-7-9-28(10-8-27)21(30)26-18-6-4-5-17(22)11-18/h4-6,11-13H,7-10H2,1-3H3,(H,26,30). The average Bonchev–Trinajstić information content (AvgIpc) is 3.06. The first-order valence-corrected chi connectivity index (χ1v) is 10.2. The van der Waals surface area contributed by atoms with E-state index in [4.69, 9.17) is 11.6 Å². The first-order valence-electron chi connectivity index (χ1n) is 9.84. The molecule has 156 valence electrons. The van der Waals surface area contributed by atoms with Crippen molar-refractivity contribution in [1.29, 1.82) is 0 Å². The third-order valence-electron chi connectivity index (χ3n) is 5.28. The maximum absolute atomic E-state index is 12.6. The number of halogens is 1. The van der Waals surface area contributed by atoms with Gasteiger partial charge in [0.25, 0.3) is 0 Å². The van der Waals surface area contributed by atoms with Crippen molar-refractivity contribution in [3.63, 3.8) is 0 Å². The topological polar surface area (TPSA) is 79.2 Å². The molecule has 0 saturated carbocycles. The Hall–Kier alpha value is -3.13. The van der Waals surface area contributed by atoms with Crippen molar-refractivity contribution in [1.82, 2.24) is 24.4 Å². The number of rotatable bonds is 3. The molecule has 0 radical (unpaired) electrons. The summed E-state index contributed by atoms with van der Waals surface area (Å²) in [6.45, 7) is 8.50. The number of nitrogens with zero attached hydrogens (tertiary/aromatic N) is 6. The van der Waals surface area contributed by atoms with Gasteiger partial charge in [-0.25, -0.2) is 19.7 Å². The van der Waals surface area contributed by atoms with Gasteiger partial charge in [-0.15, -0.1) is 0 Å². The van der Waals surface area contributed by atoms with Gasteiger partial charge in [0.15, 0.2) is 0 Å². The fraction of sp³-hybridized carbons (Fsp3) is 0.333. The number of aromatic nitrogens is 4. The van der Waals surface area contributed by atoms with Gasteiger partial charge in [-0.1, -0.05) is 17.7 Å². The van der Waals surface area contributed by atoms with E-state index in [0.29, 0.717) is 42.7 Å². The van der Waals surface area contributed by atoms with Crippen LogP contribution in [0.25, 0.3) is 5.82 Å². The molecule has 1 aliphatic heterocycles. The molecule has 30 heavy (non-hydrogen) atoms. The van der Waals surface area contributed by atoms with E-state index < -0.39 is 0 Å². The molecule has 2 amide bonds. The van der Waals surface area contributed by atoms with Gasteiger partial charge < -0.3 is 15.1 Å². The predicted molar refractivity (Wildman–Crippen MR) is 118 cm³/mol. The second-order valence-corrected chi connectivity index (χ2v) is 7.77. The molecule has 0 aliphatic carbocycles. The maximum Gasteiger partial charge on any atom is 0.321 e. The summed E-state index contributed by atoms with van der Waals surface area (Å²) in [6, 6.07) is 9.00. The number of anilines is 2. The predicted octanol–water partition coefficient (Wildman–Crippen LogP) is 3.60. The summed E-state index contributed by atoms with van der Waals surface area (Å²) >= 11 is 5.99. The number of piperazine rings is 1. The number of imidazole rings is 1. The Bertz CT molecular complexity index is 1070. The van der Waals surface area contributed by atoms with E-state index in [2.05, 4.69) is 25.2 Å². The molecule has 0 spiro atoms. The van der Waals surface area contributed by atoms with Crippen LogP contribution in [-0.2, 0) is 0 Å². The quantitative estimate of drug-likeness (QED) is 0.693. The van der Waals surface area contributed by atoms with E-state index in [1.165, 1.54) is 0 Å². The van der Waals surface area contributed by atoms with Gasteiger partial charge >= 0.3 is 6.03 Å². The molecular weight excluding hydrogens is 402 g/mol. The SMILES string of the molecule is Cc1nc(N2CCN(C(=O)Nc3cccc(Cl)c3)CC2)cc(-n2cnc(C)c2C)n1. The van der Waals surface area contributed by atoms with Crippen molar-refractivity contribution >= 4 is 29.1 Å². The molecule has 1 saturated heterocycles. The lowest BCUT2D eigenvalue weighted by Gasteiger charge is -2.35. The molecular formula is C21H24ClN7O. The Balaban J connectivity index is 1.44. The van der Waals surface area contributed by atoms with Gasteiger partial charge in [0.1, 0.15) is 23.8 Å². The van der Waals surface area contributed by atoms with Gasteiger partial charge in [0, 0.05) is 48.6 Å². The number of carbonyl (C=O) groups is 1. The number of benzene rings is 1. The van der Waals surface area contributed by atoms with Crippen LogP contribution in [0.4, 0.5) is 16.3 Å². The molecule has 3 aromatic rings. The van der Waals surface area contributed by atoms with E-state index in [1.54, 1.807) is 23.4 Å². The molecule has 1 N–H and O–H groups in total. The van der Waals surface area contributed by atoms with Crippen molar-refractivity contribution in [3.05, 3.63) is 58.9 Å². The minimum atomic E-state index is -0.124. The zero-order valence-electron chi connectivity index (χ0n) is 17.3. The largest absolute Gasteiger partial charge is 0.353 e. The molecule has 9 heteroatoms. The molecule has 3 heterocycles. The van der Waals surface area contributed by atoms with Gasteiger partial charge in [-0.2, -0.15) is 0 Å². The average molecular weight is 426 g/mol. The summed E-state index contributed by atoms with van der Waals surface area (Å²) in [5, 5.41) is 3.50.